The van der Waals surface area contributed by atoms with Crippen LogP contribution in [-0.2, 0) is 4.79 Å². The standard InChI is InChI=1S/C24H31N5O2/c1-17-21-16-26-29(20-10-5-4-6-11-20)24(31)22(21)18(2)28(17)19(3)23(30)25-12-9-15-27-13-7-8-14-27/h4-6,10-11,16,19H,7-9,12-15H2,1-3H3,(H,25,30). The number of likely N-dealkylation sites (tertiary alicyclic amines) is 1. The van der Waals surface area contributed by atoms with E-state index in [0.717, 1.165) is 35.4 Å². The smallest absolute Gasteiger partial charge is 0.281 e. The molecule has 7 nitrogen and oxygen atoms in total. The zero-order valence-electron chi connectivity index (χ0n) is 18.6. The molecule has 1 fully saturated rings. The van der Waals surface area contributed by atoms with E-state index in [0.29, 0.717) is 11.9 Å². The molecule has 1 aliphatic heterocycles. The summed E-state index contributed by atoms with van der Waals surface area (Å²) in [5.41, 5.74) is 2.24. The van der Waals surface area contributed by atoms with E-state index in [9.17, 15) is 9.59 Å². The van der Waals surface area contributed by atoms with Crippen molar-refractivity contribution in [3.05, 3.63) is 58.3 Å². The van der Waals surface area contributed by atoms with Crippen LogP contribution >= 0.6 is 0 Å². The molecule has 1 amide bonds. The van der Waals surface area contributed by atoms with Gasteiger partial charge in [0.15, 0.2) is 0 Å². The minimum absolute atomic E-state index is 0.0238. The second-order valence-electron chi connectivity index (χ2n) is 8.40. The van der Waals surface area contributed by atoms with Gasteiger partial charge in [0.25, 0.3) is 5.56 Å². The van der Waals surface area contributed by atoms with Crippen LogP contribution in [0.4, 0.5) is 0 Å². The van der Waals surface area contributed by atoms with Crippen LogP contribution in [0.25, 0.3) is 16.5 Å². The predicted molar refractivity (Wildman–Crippen MR) is 123 cm³/mol. The van der Waals surface area contributed by atoms with Crippen LogP contribution < -0.4 is 10.9 Å². The van der Waals surface area contributed by atoms with E-state index >= 15 is 0 Å². The van der Waals surface area contributed by atoms with Crippen LogP contribution in [0, 0.1) is 13.8 Å². The molecule has 1 saturated heterocycles. The third kappa shape index (κ3) is 4.14. The molecule has 0 radical (unpaired) electrons. The molecule has 0 saturated carbocycles. The summed E-state index contributed by atoms with van der Waals surface area (Å²) in [6.45, 7) is 9.79. The summed E-state index contributed by atoms with van der Waals surface area (Å²) >= 11 is 0. The number of carbonyl (C=O) groups is 1. The second kappa shape index (κ2) is 9.06. The van der Waals surface area contributed by atoms with Crippen molar-refractivity contribution < 1.29 is 4.79 Å². The maximum atomic E-state index is 13.2. The molecule has 2 aromatic heterocycles. The van der Waals surface area contributed by atoms with Crippen LogP contribution in [0.15, 0.2) is 41.3 Å². The summed E-state index contributed by atoms with van der Waals surface area (Å²) in [4.78, 5) is 28.5. The average Bonchev–Trinajstić information content (AvgIpc) is 3.38. The van der Waals surface area contributed by atoms with Gasteiger partial charge in [-0.3, -0.25) is 9.59 Å². The lowest BCUT2D eigenvalue weighted by Crippen LogP contribution is -2.34. The Morgan fingerprint density at radius 1 is 1.13 bits per heavy atom. The fourth-order valence-corrected chi connectivity index (χ4v) is 4.70. The zero-order valence-corrected chi connectivity index (χ0v) is 18.6. The van der Waals surface area contributed by atoms with Gasteiger partial charge in [0, 0.05) is 23.3 Å². The number of fused-ring (bicyclic) bond motifs is 1. The predicted octanol–water partition coefficient (Wildman–Crippen LogP) is 2.97. The lowest BCUT2D eigenvalue weighted by molar-refractivity contribution is -0.123. The van der Waals surface area contributed by atoms with E-state index in [2.05, 4.69) is 15.3 Å². The highest BCUT2D eigenvalue weighted by atomic mass is 16.2. The van der Waals surface area contributed by atoms with E-state index in [4.69, 9.17) is 0 Å². The van der Waals surface area contributed by atoms with Crippen molar-refractivity contribution in [2.75, 3.05) is 26.2 Å². The van der Waals surface area contributed by atoms with Crippen molar-refractivity contribution in [2.24, 2.45) is 0 Å². The van der Waals surface area contributed by atoms with Gasteiger partial charge < -0.3 is 14.8 Å². The normalized spacial score (nSPS) is 15.5. The minimum Gasteiger partial charge on any atom is -0.354 e. The van der Waals surface area contributed by atoms with Gasteiger partial charge in [-0.05, 0) is 71.8 Å². The van der Waals surface area contributed by atoms with Crippen LogP contribution in [0.1, 0.15) is 43.6 Å². The Morgan fingerprint density at radius 2 is 1.84 bits per heavy atom. The average molecular weight is 422 g/mol. The number of aromatic nitrogens is 3. The summed E-state index contributed by atoms with van der Waals surface area (Å²) in [5, 5.41) is 8.86. The zero-order chi connectivity index (χ0) is 22.0. The number of amides is 1. The summed E-state index contributed by atoms with van der Waals surface area (Å²) in [6.07, 6.45) is 5.24. The van der Waals surface area contributed by atoms with Gasteiger partial charge in [-0.2, -0.15) is 9.78 Å². The molecule has 4 rings (SSSR count). The number of para-hydroxylation sites is 1. The van der Waals surface area contributed by atoms with E-state index in [-0.39, 0.29) is 11.5 Å². The second-order valence-corrected chi connectivity index (χ2v) is 8.40. The summed E-state index contributed by atoms with van der Waals surface area (Å²) < 4.78 is 3.38. The van der Waals surface area contributed by atoms with Gasteiger partial charge in [0.1, 0.15) is 6.04 Å². The highest BCUT2D eigenvalue weighted by Crippen LogP contribution is 2.26. The van der Waals surface area contributed by atoms with Crippen molar-refractivity contribution in [3.8, 4) is 5.69 Å². The Bertz CT molecular complexity index is 1130. The number of hydrogen-bond acceptors (Lipinski definition) is 4. The molecule has 0 aliphatic carbocycles. The van der Waals surface area contributed by atoms with Crippen LogP contribution in [0.3, 0.4) is 0 Å². The molecule has 1 unspecified atom stereocenters. The molecular formula is C24H31N5O2. The van der Waals surface area contributed by atoms with Crippen molar-refractivity contribution in [3.63, 3.8) is 0 Å². The first-order valence-electron chi connectivity index (χ1n) is 11.1. The molecule has 31 heavy (non-hydrogen) atoms. The van der Waals surface area contributed by atoms with Gasteiger partial charge >= 0.3 is 0 Å². The van der Waals surface area contributed by atoms with Gasteiger partial charge in [-0.15, -0.1) is 0 Å². The minimum atomic E-state index is -0.399. The molecular weight excluding hydrogens is 390 g/mol. The summed E-state index contributed by atoms with van der Waals surface area (Å²) in [5.74, 6) is -0.0238. The Kier molecular flexibility index (Phi) is 6.23. The van der Waals surface area contributed by atoms with Crippen molar-refractivity contribution in [2.45, 2.75) is 46.1 Å². The highest BCUT2D eigenvalue weighted by Gasteiger charge is 2.23. The lowest BCUT2D eigenvalue weighted by Gasteiger charge is -2.19. The van der Waals surface area contributed by atoms with E-state index in [1.165, 1.54) is 30.6 Å². The topological polar surface area (TPSA) is 72.2 Å². The van der Waals surface area contributed by atoms with Crippen LogP contribution in [0.2, 0.25) is 0 Å². The Morgan fingerprint density at radius 3 is 2.55 bits per heavy atom. The number of aryl methyl sites for hydroxylation is 2. The van der Waals surface area contributed by atoms with E-state index in [1.54, 1.807) is 6.20 Å². The number of nitrogens with one attached hydrogen (secondary N) is 1. The van der Waals surface area contributed by atoms with Gasteiger partial charge in [0.05, 0.1) is 17.3 Å². The number of rotatable bonds is 7. The maximum Gasteiger partial charge on any atom is 0.281 e. The largest absolute Gasteiger partial charge is 0.354 e. The fourth-order valence-electron chi connectivity index (χ4n) is 4.70. The summed E-state index contributed by atoms with van der Waals surface area (Å²) in [7, 11) is 0. The monoisotopic (exact) mass is 421 g/mol. The molecule has 1 aromatic carbocycles. The first-order chi connectivity index (χ1) is 15.0. The third-order valence-electron chi connectivity index (χ3n) is 6.37. The lowest BCUT2D eigenvalue weighted by atomic mass is 10.2. The molecule has 7 heteroatoms. The van der Waals surface area contributed by atoms with Crippen molar-refractivity contribution in [1.82, 2.24) is 24.6 Å². The van der Waals surface area contributed by atoms with E-state index in [1.807, 2.05) is 55.7 Å². The van der Waals surface area contributed by atoms with Crippen LogP contribution in [-0.4, -0.2) is 51.3 Å². The van der Waals surface area contributed by atoms with Gasteiger partial charge in [-0.25, -0.2) is 0 Å². The van der Waals surface area contributed by atoms with Crippen molar-refractivity contribution in [1.29, 1.82) is 0 Å². The third-order valence-corrected chi connectivity index (χ3v) is 6.37. The quantitative estimate of drug-likeness (QED) is 0.596. The summed E-state index contributed by atoms with van der Waals surface area (Å²) in [6, 6.07) is 8.99. The van der Waals surface area contributed by atoms with Gasteiger partial charge in [0.2, 0.25) is 5.91 Å². The molecule has 1 aliphatic rings. The molecule has 3 heterocycles. The Hall–Kier alpha value is -2.93. The highest BCUT2D eigenvalue weighted by molar-refractivity contribution is 5.89. The molecule has 0 bridgehead atoms. The maximum absolute atomic E-state index is 13.2. The Balaban J connectivity index is 1.55. The number of carbonyl (C=O) groups excluding carboxylic acids is 1. The molecule has 1 atom stereocenters. The first kappa shape index (κ1) is 21.3. The SMILES string of the molecule is Cc1c2cnn(-c3ccccc3)c(=O)c2c(C)n1C(C)C(=O)NCCCN1CCCC1. The molecule has 1 N–H and O–H groups in total. The van der Waals surface area contributed by atoms with Crippen LogP contribution in [0.5, 0.6) is 0 Å². The molecule has 3 aromatic rings. The fraction of sp³-hybridized carbons (Fsp3) is 0.458. The molecule has 164 valence electrons. The number of hydrogen-bond donors (Lipinski definition) is 1. The van der Waals surface area contributed by atoms with Crippen molar-refractivity contribution >= 4 is 16.7 Å². The number of nitrogens with zero attached hydrogens (tertiary/aromatic N) is 4. The van der Waals surface area contributed by atoms with E-state index < -0.39 is 6.04 Å². The number of benzene rings is 1. The van der Waals surface area contributed by atoms with Gasteiger partial charge in [-0.1, -0.05) is 18.2 Å². The Labute approximate surface area is 182 Å². The first-order valence-corrected chi connectivity index (χ1v) is 11.1. The molecule has 0 spiro atoms.